The number of anilines is 1. The van der Waals surface area contributed by atoms with Crippen molar-refractivity contribution in [2.45, 2.75) is 95.8 Å². The smallest absolute Gasteiger partial charge is 0.407 e. The molecule has 1 N–H and O–H groups in total. The number of likely N-dealkylation sites (tertiary alicyclic amines) is 1. The van der Waals surface area contributed by atoms with Crippen LogP contribution in [0.25, 0.3) is 0 Å². The quantitative estimate of drug-likeness (QED) is 0.773. The Morgan fingerprint density at radius 2 is 1.48 bits per heavy atom. The normalized spacial score (nSPS) is 27.4. The average molecular weight is 428 g/mol. The van der Waals surface area contributed by atoms with Crippen LogP contribution < -0.4 is 4.90 Å². The lowest BCUT2D eigenvalue weighted by atomic mass is 9.87. The summed E-state index contributed by atoms with van der Waals surface area (Å²) >= 11 is 0. The molecule has 2 unspecified atom stereocenters. The second-order valence-electron chi connectivity index (χ2n) is 10.7. The molecule has 0 spiro atoms. The van der Waals surface area contributed by atoms with Gasteiger partial charge in [-0.2, -0.15) is 0 Å². The van der Waals surface area contributed by atoms with Crippen LogP contribution in [0, 0.1) is 0 Å². The van der Waals surface area contributed by atoms with Gasteiger partial charge in [-0.15, -0.1) is 0 Å². The van der Waals surface area contributed by atoms with Gasteiger partial charge in [-0.3, -0.25) is 4.79 Å². The van der Waals surface area contributed by atoms with E-state index in [2.05, 4.69) is 49.9 Å². The second kappa shape index (κ2) is 8.45. The lowest BCUT2D eigenvalue weighted by molar-refractivity contribution is -0.117. The molecule has 31 heavy (non-hydrogen) atoms. The van der Waals surface area contributed by atoms with Crippen LogP contribution in [0.3, 0.4) is 0 Å². The van der Waals surface area contributed by atoms with Crippen LogP contribution in [-0.4, -0.2) is 64.2 Å². The maximum absolute atomic E-state index is 12.6. The minimum absolute atomic E-state index is 0.0978. The van der Waals surface area contributed by atoms with Crippen molar-refractivity contribution in [3.05, 3.63) is 29.8 Å². The minimum atomic E-state index is -0.751. The van der Waals surface area contributed by atoms with Gasteiger partial charge in [0.15, 0.2) is 0 Å². The zero-order valence-electron chi connectivity index (χ0n) is 19.4. The summed E-state index contributed by atoms with van der Waals surface area (Å²) in [5.74, 6) is 0.106. The number of carbonyl (C=O) groups excluding carboxylic acids is 1. The maximum Gasteiger partial charge on any atom is 0.407 e. The molecule has 3 heterocycles. The zero-order valence-corrected chi connectivity index (χ0v) is 19.4. The van der Waals surface area contributed by atoms with E-state index in [0.717, 1.165) is 57.3 Å². The second-order valence-corrected chi connectivity index (χ2v) is 10.7. The molecule has 0 aromatic heterocycles. The molecule has 3 saturated heterocycles. The van der Waals surface area contributed by atoms with E-state index in [1.807, 2.05) is 4.90 Å². The van der Waals surface area contributed by atoms with Crippen molar-refractivity contribution in [3.63, 3.8) is 0 Å². The molecule has 6 nitrogen and oxygen atoms in total. The lowest BCUT2D eigenvalue weighted by Gasteiger charge is -2.45. The molecule has 3 fully saturated rings. The minimum Gasteiger partial charge on any atom is -0.465 e. The number of amides is 2. The van der Waals surface area contributed by atoms with Gasteiger partial charge in [-0.05, 0) is 61.6 Å². The van der Waals surface area contributed by atoms with Crippen LogP contribution in [0.1, 0.15) is 71.8 Å². The van der Waals surface area contributed by atoms with E-state index in [4.69, 9.17) is 0 Å². The van der Waals surface area contributed by atoms with Gasteiger partial charge < -0.3 is 19.8 Å². The third-order valence-corrected chi connectivity index (χ3v) is 7.66. The molecule has 6 heteroatoms. The maximum atomic E-state index is 12.6. The van der Waals surface area contributed by atoms with Crippen LogP contribution in [0.2, 0.25) is 0 Å². The monoisotopic (exact) mass is 427 g/mol. The molecule has 3 aliphatic heterocycles. The highest BCUT2D eigenvalue weighted by atomic mass is 16.4. The van der Waals surface area contributed by atoms with E-state index in [-0.39, 0.29) is 29.4 Å². The molecular weight excluding hydrogens is 390 g/mol. The number of nitrogens with zero attached hydrogens (tertiary/aromatic N) is 3. The van der Waals surface area contributed by atoms with Crippen LogP contribution in [-0.2, 0) is 10.2 Å². The first-order valence-electron chi connectivity index (χ1n) is 11.8. The van der Waals surface area contributed by atoms with E-state index in [9.17, 15) is 14.7 Å². The number of rotatable bonds is 3. The van der Waals surface area contributed by atoms with Crippen LogP contribution >= 0.6 is 0 Å². The molecule has 1 aromatic carbocycles. The molecule has 1 aromatic rings. The summed E-state index contributed by atoms with van der Waals surface area (Å²) in [4.78, 5) is 30.4. The molecule has 2 bridgehead atoms. The van der Waals surface area contributed by atoms with Crippen molar-refractivity contribution in [1.29, 1.82) is 0 Å². The number of carbonyl (C=O) groups is 2. The first-order valence-corrected chi connectivity index (χ1v) is 11.8. The van der Waals surface area contributed by atoms with Crippen LogP contribution in [0.5, 0.6) is 0 Å². The molecule has 170 valence electrons. The standard InChI is InChI=1S/C25H37N3O3/c1-17(29)27(19-7-5-18(6-8-19)25(2,3)4)20-11-13-26(14-12-20)23-15-21-9-10-22(16-23)28(21)24(30)31/h5-8,20-23H,9-16H2,1-4H3,(H,30,31)/t21-,22?,23?/m0/s1. The molecule has 0 radical (unpaired) electrons. The highest BCUT2D eigenvalue weighted by molar-refractivity contribution is 5.92. The Morgan fingerprint density at radius 1 is 0.935 bits per heavy atom. The summed E-state index contributed by atoms with van der Waals surface area (Å²) < 4.78 is 0. The fourth-order valence-corrected chi connectivity index (χ4v) is 6.04. The molecule has 3 atom stereocenters. The Morgan fingerprint density at radius 3 is 1.94 bits per heavy atom. The Labute approximate surface area is 186 Å². The number of benzene rings is 1. The van der Waals surface area contributed by atoms with Gasteiger partial charge >= 0.3 is 6.09 Å². The van der Waals surface area contributed by atoms with Crippen LogP contribution in [0.4, 0.5) is 10.5 Å². The number of fused-ring (bicyclic) bond motifs is 2. The molecular formula is C25H37N3O3. The zero-order chi connectivity index (χ0) is 22.3. The largest absolute Gasteiger partial charge is 0.465 e. The summed E-state index contributed by atoms with van der Waals surface area (Å²) in [7, 11) is 0. The summed E-state index contributed by atoms with van der Waals surface area (Å²) in [6, 6.07) is 9.55. The predicted molar refractivity (Wildman–Crippen MR) is 123 cm³/mol. The van der Waals surface area contributed by atoms with Crippen molar-refractivity contribution in [2.24, 2.45) is 0 Å². The number of hydrogen-bond acceptors (Lipinski definition) is 3. The highest BCUT2D eigenvalue weighted by Gasteiger charge is 2.45. The van der Waals surface area contributed by atoms with Gasteiger partial charge in [0, 0.05) is 49.9 Å². The average Bonchev–Trinajstić information content (AvgIpc) is 2.98. The van der Waals surface area contributed by atoms with E-state index < -0.39 is 6.09 Å². The van der Waals surface area contributed by atoms with Crippen molar-refractivity contribution >= 4 is 17.7 Å². The SMILES string of the molecule is CC(=O)N(c1ccc(C(C)(C)C)cc1)C1CCN(C2CC3CC[C@@H](C2)N3C(=O)O)CC1. The molecule has 3 aliphatic rings. The Hall–Kier alpha value is -2.08. The van der Waals surface area contributed by atoms with Gasteiger partial charge in [0.05, 0.1) is 0 Å². The van der Waals surface area contributed by atoms with Crippen molar-refractivity contribution in [3.8, 4) is 0 Å². The summed E-state index contributed by atoms with van der Waals surface area (Å²) in [6.45, 7) is 10.2. The van der Waals surface area contributed by atoms with Crippen molar-refractivity contribution in [1.82, 2.24) is 9.80 Å². The van der Waals surface area contributed by atoms with Crippen molar-refractivity contribution < 1.29 is 14.7 Å². The Kier molecular flexibility index (Phi) is 6.03. The summed E-state index contributed by atoms with van der Waals surface area (Å²) in [5, 5.41) is 9.51. The van der Waals surface area contributed by atoms with Gasteiger partial charge in [0.1, 0.15) is 0 Å². The Balaban J connectivity index is 1.39. The lowest BCUT2D eigenvalue weighted by Crippen LogP contribution is -2.55. The van der Waals surface area contributed by atoms with Gasteiger partial charge in [-0.25, -0.2) is 4.79 Å². The van der Waals surface area contributed by atoms with E-state index >= 15 is 0 Å². The van der Waals surface area contributed by atoms with Crippen LogP contribution in [0.15, 0.2) is 24.3 Å². The third kappa shape index (κ3) is 4.45. The summed E-state index contributed by atoms with van der Waals surface area (Å²) in [6.07, 6.45) is 5.11. The van der Waals surface area contributed by atoms with E-state index in [0.29, 0.717) is 6.04 Å². The van der Waals surface area contributed by atoms with E-state index in [1.54, 1.807) is 11.8 Å². The van der Waals surface area contributed by atoms with Gasteiger partial charge in [0.2, 0.25) is 5.91 Å². The first kappa shape index (κ1) is 22.1. The molecule has 0 aliphatic carbocycles. The van der Waals surface area contributed by atoms with Gasteiger partial charge in [0.25, 0.3) is 0 Å². The van der Waals surface area contributed by atoms with Crippen molar-refractivity contribution in [2.75, 3.05) is 18.0 Å². The highest BCUT2D eigenvalue weighted by Crippen LogP contribution is 2.38. The van der Waals surface area contributed by atoms with Gasteiger partial charge in [-0.1, -0.05) is 32.9 Å². The van der Waals surface area contributed by atoms with E-state index in [1.165, 1.54) is 5.56 Å². The number of piperidine rings is 2. The fraction of sp³-hybridized carbons (Fsp3) is 0.680. The first-order chi connectivity index (χ1) is 14.6. The topological polar surface area (TPSA) is 64.1 Å². The molecule has 0 saturated carbocycles. The number of hydrogen-bond donors (Lipinski definition) is 1. The molecule has 4 rings (SSSR count). The Bertz CT molecular complexity index is 794. The predicted octanol–water partition coefficient (Wildman–Crippen LogP) is 4.47. The summed E-state index contributed by atoms with van der Waals surface area (Å²) in [5.41, 5.74) is 2.37. The molecule has 2 amide bonds. The third-order valence-electron chi connectivity index (χ3n) is 7.66. The number of carboxylic acid groups (broad SMARTS) is 1. The fourth-order valence-electron chi connectivity index (χ4n) is 6.04.